The van der Waals surface area contributed by atoms with Gasteiger partial charge in [0.05, 0.1) is 5.69 Å². The van der Waals surface area contributed by atoms with Crippen molar-refractivity contribution in [3.63, 3.8) is 0 Å². The fourth-order valence-electron chi connectivity index (χ4n) is 3.41. The highest BCUT2D eigenvalue weighted by molar-refractivity contribution is 9.10. The Labute approximate surface area is 166 Å². The molecule has 0 N–H and O–H groups in total. The quantitative estimate of drug-likeness (QED) is 0.309. The van der Waals surface area contributed by atoms with Crippen LogP contribution in [-0.4, -0.2) is 16.3 Å². The first-order chi connectivity index (χ1) is 12.9. The van der Waals surface area contributed by atoms with Crippen molar-refractivity contribution in [2.24, 2.45) is 0 Å². The topological polar surface area (TPSA) is 31.2 Å². The van der Waals surface area contributed by atoms with Gasteiger partial charge in [0.2, 0.25) is 0 Å². The van der Waals surface area contributed by atoms with E-state index in [9.17, 15) is 4.79 Å². The van der Waals surface area contributed by atoms with Gasteiger partial charge < -0.3 is 4.74 Å². The van der Waals surface area contributed by atoms with Crippen molar-refractivity contribution in [2.45, 2.75) is 26.4 Å². The van der Waals surface area contributed by atoms with Crippen LogP contribution in [-0.2, 0) is 4.74 Å². The van der Waals surface area contributed by atoms with Gasteiger partial charge in [0.25, 0.3) is 0 Å². The lowest BCUT2D eigenvalue weighted by molar-refractivity contribution is 0.0540. The summed E-state index contributed by atoms with van der Waals surface area (Å²) in [5, 5.41) is 4.41. The fourth-order valence-corrected chi connectivity index (χ4v) is 4.10. The Balaban J connectivity index is 2.04. The predicted molar refractivity (Wildman–Crippen MR) is 114 cm³/mol. The molecule has 3 nitrogen and oxygen atoms in total. The average Bonchev–Trinajstić information content (AvgIpc) is 3.10. The van der Waals surface area contributed by atoms with Gasteiger partial charge in [-0.05, 0) is 70.4 Å². The summed E-state index contributed by atoms with van der Waals surface area (Å²) >= 11 is 3.77. The van der Waals surface area contributed by atoms with Crippen molar-refractivity contribution < 1.29 is 9.53 Å². The molecule has 4 heteroatoms. The first kappa shape index (κ1) is 17.8. The number of carbonyl (C=O) groups excluding carboxylic acids is 1. The Morgan fingerprint density at radius 2 is 1.37 bits per heavy atom. The second-order valence-electron chi connectivity index (χ2n) is 7.52. The second-order valence-corrected chi connectivity index (χ2v) is 8.32. The molecule has 0 aliphatic heterocycles. The number of benzene rings is 3. The molecule has 0 saturated carbocycles. The molecule has 0 bridgehead atoms. The minimum atomic E-state index is -0.553. The predicted octanol–water partition coefficient (Wildman–Crippen LogP) is 7.01. The van der Waals surface area contributed by atoms with Crippen LogP contribution in [0.2, 0.25) is 0 Å². The number of aromatic nitrogens is 1. The number of hydrogen-bond acceptors (Lipinski definition) is 2. The van der Waals surface area contributed by atoms with Gasteiger partial charge in [-0.25, -0.2) is 4.79 Å². The normalized spacial score (nSPS) is 11.9. The van der Waals surface area contributed by atoms with E-state index in [4.69, 9.17) is 4.74 Å². The maximum Gasteiger partial charge on any atom is 0.418 e. The molecule has 4 rings (SSSR count). The molecule has 0 aliphatic rings. The lowest BCUT2D eigenvalue weighted by atomic mass is 9.95. The van der Waals surface area contributed by atoms with Gasteiger partial charge in [-0.1, -0.05) is 48.5 Å². The molecule has 4 aromatic rings. The molecule has 0 spiro atoms. The molecule has 0 amide bonds. The molecule has 0 aliphatic carbocycles. The summed E-state index contributed by atoms with van der Waals surface area (Å²) in [7, 11) is 0. The van der Waals surface area contributed by atoms with Crippen molar-refractivity contribution in [1.29, 1.82) is 0 Å². The van der Waals surface area contributed by atoms with Gasteiger partial charge >= 0.3 is 6.09 Å². The van der Waals surface area contributed by atoms with E-state index in [1.54, 1.807) is 10.8 Å². The second kappa shape index (κ2) is 6.54. The Morgan fingerprint density at radius 3 is 1.89 bits per heavy atom. The smallest absolute Gasteiger partial charge is 0.418 e. The highest BCUT2D eigenvalue weighted by Crippen LogP contribution is 2.41. The highest BCUT2D eigenvalue weighted by atomic mass is 79.9. The van der Waals surface area contributed by atoms with Crippen LogP contribution in [0, 0.1) is 0 Å². The minimum Gasteiger partial charge on any atom is -0.443 e. The zero-order valence-corrected chi connectivity index (χ0v) is 17.1. The monoisotopic (exact) mass is 421 g/mol. The molecular weight excluding hydrogens is 402 g/mol. The van der Waals surface area contributed by atoms with Crippen LogP contribution in [0.1, 0.15) is 20.8 Å². The van der Waals surface area contributed by atoms with Crippen LogP contribution in [0.4, 0.5) is 4.79 Å². The summed E-state index contributed by atoms with van der Waals surface area (Å²) in [5.41, 5.74) is 1.30. The van der Waals surface area contributed by atoms with Crippen molar-refractivity contribution >= 4 is 43.6 Å². The van der Waals surface area contributed by atoms with E-state index in [1.165, 1.54) is 0 Å². The number of ether oxygens (including phenoxy) is 1. The summed E-state index contributed by atoms with van der Waals surface area (Å²) in [6, 6.07) is 20.3. The Kier molecular flexibility index (Phi) is 4.31. The lowest BCUT2D eigenvalue weighted by Crippen LogP contribution is -2.27. The van der Waals surface area contributed by atoms with E-state index in [1.807, 2.05) is 57.2 Å². The summed E-state index contributed by atoms with van der Waals surface area (Å²) in [4.78, 5) is 12.8. The Bertz CT molecular complexity index is 1110. The van der Waals surface area contributed by atoms with Gasteiger partial charge in [0.15, 0.2) is 0 Å². The molecule has 0 unspecified atom stereocenters. The third-order valence-electron chi connectivity index (χ3n) is 4.46. The number of fused-ring (bicyclic) bond motifs is 2. The molecule has 0 radical (unpaired) electrons. The van der Waals surface area contributed by atoms with E-state index in [2.05, 4.69) is 40.2 Å². The van der Waals surface area contributed by atoms with Crippen LogP contribution >= 0.6 is 15.9 Å². The van der Waals surface area contributed by atoms with Crippen LogP contribution in [0.5, 0.6) is 0 Å². The Hall–Kier alpha value is -2.59. The van der Waals surface area contributed by atoms with Crippen molar-refractivity contribution in [3.8, 4) is 11.3 Å². The molecular formula is C23H20BrNO2. The summed E-state index contributed by atoms with van der Waals surface area (Å²) in [5.74, 6) is 0. The number of halogens is 1. The van der Waals surface area contributed by atoms with E-state index in [0.29, 0.717) is 0 Å². The van der Waals surface area contributed by atoms with Crippen molar-refractivity contribution in [1.82, 2.24) is 4.57 Å². The molecule has 136 valence electrons. The van der Waals surface area contributed by atoms with Gasteiger partial charge in [-0.2, -0.15) is 0 Å². The van der Waals surface area contributed by atoms with Crippen LogP contribution in [0.25, 0.3) is 32.8 Å². The van der Waals surface area contributed by atoms with Crippen LogP contribution < -0.4 is 0 Å². The first-order valence-corrected chi connectivity index (χ1v) is 9.66. The van der Waals surface area contributed by atoms with E-state index in [-0.39, 0.29) is 6.09 Å². The summed E-state index contributed by atoms with van der Waals surface area (Å²) < 4.78 is 8.26. The van der Waals surface area contributed by atoms with Gasteiger partial charge in [-0.15, -0.1) is 0 Å². The fraction of sp³-hybridized carbons (Fsp3) is 0.174. The zero-order chi connectivity index (χ0) is 19.2. The number of nitrogens with zero attached hydrogens (tertiary/aromatic N) is 1. The standard InChI is InChI=1S/C23H20BrNO2/c1-23(2,3)27-22(26)25-14-8-13-19(25)20-15-9-4-6-11-17(15)21(24)18-12-7-5-10-16(18)20/h4-14H,1-3H3. The van der Waals surface area contributed by atoms with Crippen molar-refractivity contribution in [2.75, 3.05) is 0 Å². The maximum absolute atomic E-state index is 12.8. The highest BCUT2D eigenvalue weighted by Gasteiger charge is 2.22. The zero-order valence-electron chi connectivity index (χ0n) is 15.5. The molecule has 0 saturated heterocycles. The summed E-state index contributed by atoms with van der Waals surface area (Å²) in [6.45, 7) is 5.62. The molecule has 0 fully saturated rings. The molecule has 0 atom stereocenters. The van der Waals surface area contributed by atoms with Crippen LogP contribution in [0.3, 0.4) is 0 Å². The van der Waals surface area contributed by atoms with Crippen LogP contribution in [0.15, 0.2) is 71.3 Å². The lowest BCUT2D eigenvalue weighted by Gasteiger charge is -2.21. The SMILES string of the molecule is CC(C)(C)OC(=O)n1cccc1-c1c2ccccc2c(Br)c2ccccc12. The molecule has 3 aromatic carbocycles. The Morgan fingerprint density at radius 1 is 0.852 bits per heavy atom. The van der Waals surface area contributed by atoms with Crippen molar-refractivity contribution in [3.05, 3.63) is 71.3 Å². The molecule has 1 heterocycles. The maximum atomic E-state index is 12.8. The third-order valence-corrected chi connectivity index (χ3v) is 5.32. The number of rotatable bonds is 1. The third kappa shape index (κ3) is 3.15. The summed E-state index contributed by atoms with van der Waals surface area (Å²) in [6.07, 6.45) is 1.38. The largest absolute Gasteiger partial charge is 0.443 e. The van der Waals surface area contributed by atoms with Gasteiger partial charge in [-0.3, -0.25) is 4.57 Å². The van der Waals surface area contributed by atoms with E-state index in [0.717, 1.165) is 37.3 Å². The average molecular weight is 422 g/mol. The van der Waals surface area contributed by atoms with E-state index < -0.39 is 5.60 Å². The number of hydrogen-bond donors (Lipinski definition) is 0. The first-order valence-electron chi connectivity index (χ1n) is 8.87. The van der Waals surface area contributed by atoms with Gasteiger partial charge in [0, 0.05) is 16.2 Å². The number of carbonyl (C=O) groups is 1. The molecule has 1 aromatic heterocycles. The van der Waals surface area contributed by atoms with Gasteiger partial charge in [0.1, 0.15) is 5.60 Å². The van der Waals surface area contributed by atoms with E-state index >= 15 is 0 Å². The minimum absolute atomic E-state index is 0.376. The molecule has 27 heavy (non-hydrogen) atoms.